The minimum Gasteiger partial charge on any atom is -0.497 e. The van der Waals surface area contributed by atoms with Crippen LogP contribution in [-0.2, 0) is 0 Å². The number of hydrogen-bond acceptors (Lipinski definition) is 5. The summed E-state index contributed by atoms with van der Waals surface area (Å²) in [6.45, 7) is 0. The standard InChI is InChI=1S/C24H19ClO5/c1-28-19-11-13-23(29-2)21(15-19)22(26)12-6-16-4-3-5-20(14-16)30-24(27)17-7-9-18(25)10-8-17/h3-15H,1-2H3/b12-6+. The van der Waals surface area contributed by atoms with Crippen LogP contribution in [0.5, 0.6) is 17.2 Å². The van der Waals surface area contributed by atoms with Crippen LogP contribution in [0.3, 0.4) is 0 Å². The van der Waals surface area contributed by atoms with Gasteiger partial charge in [-0.1, -0.05) is 29.8 Å². The van der Waals surface area contributed by atoms with E-state index in [1.54, 1.807) is 72.8 Å². The fourth-order valence-corrected chi connectivity index (χ4v) is 2.83. The van der Waals surface area contributed by atoms with E-state index in [2.05, 4.69) is 0 Å². The Balaban J connectivity index is 1.75. The van der Waals surface area contributed by atoms with E-state index in [1.165, 1.54) is 20.3 Å². The van der Waals surface area contributed by atoms with Crippen LogP contribution in [0.4, 0.5) is 0 Å². The number of methoxy groups -OCH3 is 2. The Bertz CT molecular complexity index is 1090. The molecule has 0 aliphatic rings. The highest BCUT2D eigenvalue weighted by molar-refractivity contribution is 6.30. The zero-order valence-electron chi connectivity index (χ0n) is 16.4. The molecule has 0 radical (unpaired) electrons. The quantitative estimate of drug-likeness (QED) is 0.218. The van der Waals surface area contributed by atoms with Gasteiger partial charge in [0.05, 0.1) is 25.3 Å². The number of carbonyl (C=O) groups excluding carboxylic acids is 2. The van der Waals surface area contributed by atoms with Gasteiger partial charge in [-0.25, -0.2) is 4.79 Å². The molecule has 3 aromatic carbocycles. The van der Waals surface area contributed by atoms with Crippen LogP contribution < -0.4 is 14.2 Å². The smallest absolute Gasteiger partial charge is 0.343 e. The van der Waals surface area contributed by atoms with Gasteiger partial charge in [-0.2, -0.15) is 0 Å². The van der Waals surface area contributed by atoms with Gasteiger partial charge in [-0.3, -0.25) is 4.79 Å². The maximum atomic E-state index is 12.6. The lowest BCUT2D eigenvalue weighted by Crippen LogP contribution is -2.08. The van der Waals surface area contributed by atoms with Crippen LogP contribution in [0, 0.1) is 0 Å². The summed E-state index contributed by atoms with van der Waals surface area (Å²) in [5, 5.41) is 0.538. The van der Waals surface area contributed by atoms with Crippen molar-refractivity contribution in [1.82, 2.24) is 0 Å². The van der Waals surface area contributed by atoms with Crippen LogP contribution in [0.25, 0.3) is 6.08 Å². The summed E-state index contributed by atoms with van der Waals surface area (Å²) in [5.74, 6) is 0.641. The van der Waals surface area contributed by atoms with Crippen molar-refractivity contribution in [2.45, 2.75) is 0 Å². The molecule has 3 aromatic rings. The monoisotopic (exact) mass is 422 g/mol. The van der Waals surface area contributed by atoms with Gasteiger partial charge in [-0.15, -0.1) is 0 Å². The first kappa shape index (κ1) is 21.1. The number of ketones is 1. The predicted molar refractivity (Wildman–Crippen MR) is 116 cm³/mol. The van der Waals surface area contributed by atoms with Crippen LogP contribution in [0.1, 0.15) is 26.3 Å². The SMILES string of the molecule is COc1ccc(OC)c(C(=O)/C=C/c2cccc(OC(=O)c3ccc(Cl)cc3)c2)c1. The molecule has 0 saturated carbocycles. The average Bonchev–Trinajstić information content (AvgIpc) is 2.77. The fourth-order valence-electron chi connectivity index (χ4n) is 2.70. The number of carbonyl (C=O) groups is 2. The Hall–Kier alpha value is -3.57. The van der Waals surface area contributed by atoms with Gasteiger partial charge in [0.25, 0.3) is 0 Å². The normalized spacial score (nSPS) is 10.6. The topological polar surface area (TPSA) is 61.8 Å². The van der Waals surface area contributed by atoms with Crippen molar-refractivity contribution in [3.63, 3.8) is 0 Å². The third kappa shape index (κ3) is 5.27. The molecule has 0 N–H and O–H groups in total. The molecule has 0 aliphatic carbocycles. The lowest BCUT2D eigenvalue weighted by molar-refractivity contribution is 0.0734. The summed E-state index contributed by atoms with van der Waals surface area (Å²) < 4.78 is 15.8. The molecule has 0 unspecified atom stereocenters. The van der Waals surface area contributed by atoms with E-state index < -0.39 is 5.97 Å². The van der Waals surface area contributed by atoms with Crippen molar-refractivity contribution in [2.75, 3.05) is 14.2 Å². The van der Waals surface area contributed by atoms with Gasteiger partial charge < -0.3 is 14.2 Å². The molecule has 0 bridgehead atoms. The molecule has 0 aromatic heterocycles. The predicted octanol–water partition coefficient (Wildman–Crippen LogP) is 5.47. The molecule has 3 rings (SSSR count). The molecule has 5 nitrogen and oxygen atoms in total. The highest BCUT2D eigenvalue weighted by Gasteiger charge is 2.12. The minimum atomic E-state index is -0.495. The minimum absolute atomic E-state index is 0.241. The average molecular weight is 423 g/mol. The molecule has 0 saturated heterocycles. The van der Waals surface area contributed by atoms with Gasteiger partial charge in [0, 0.05) is 5.02 Å². The molecule has 0 atom stereocenters. The Labute approximate surface area is 179 Å². The summed E-state index contributed by atoms with van der Waals surface area (Å²) in [6.07, 6.45) is 3.07. The second kappa shape index (κ2) is 9.76. The Kier molecular flexibility index (Phi) is 6.88. The Morgan fingerprint density at radius 1 is 0.867 bits per heavy atom. The summed E-state index contributed by atoms with van der Waals surface area (Å²) in [6, 6.07) is 18.3. The van der Waals surface area contributed by atoms with Gasteiger partial charge in [-0.05, 0) is 66.2 Å². The zero-order chi connectivity index (χ0) is 21.5. The maximum Gasteiger partial charge on any atom is 0.343 e. The van der Waals surface area contributed by atoms with Gasteiger partial charge >= 0.3 is 5.97 Å². The van der Waals surface area contributed by atoms with Gasteiger partial charge in [0.1, 0.15) is 17.2 Å². The van der Waals surface area contributed by atoms with Crippen molar-refractivity contribution < 1.29 is 23.8 Å². The van der Waals surface area contributed by atoms with E-state index >= 15 is 0 Å². The van der Waals surface area contributed by atoms with Gasteiger partial charge in [0.2, 0.25) is 0 Å². The van der Waals surface area contributed by atoms with E-state index in [4.69, 9.17) is 25.8 Å². The summed E-state index contributed by atoms with van der Waals surface area (Å²) in [4.78, 5) is 24.9. The number of esters is 1. The highest BCUT2D eigenvalue weighted by atomic mass is 35.5. The first-order chi connectivity index (χ1) is 14.5. The number of rotatable bonds is 7. The summed E-state index contributed by atoms with van der Waals surface area (Å²) in [5.41, 5.74) is 1.48. The fraction of sp³-hybridized carbons (Fsp3) is 0.0833. The third-order valence-electron chi connectivity index (χ3n) is 4.25. The zero-order valence-corrected chi connectivity index (χ0v) is 17.2. The van der Waals surface area contributed by atoms with E-state index in [9.17, 15) is 9.59 Å². The van der Waals surface area contributed by atoms with Crippen molar-refractivity contribution in [1.29, 1.82) is 0 Å². The van der Waals surface area contributed by atoms with Crippen molar-refractivity contribution in [2.24, 2.45) is 0 Å². The van der Waals surface area contributed by atoms with Gasteiger partial charge in [0.15, 0.2) is 5.78 Å². The Morgan fingerprint density at radius 2 is 1.63 bits per heavy atom. The summed E-state index contributed by atoms with van der Waals surface area (Å²) >= 11 is 5.84. The first-order valence-corrected chi connectivity index (χ1v) is 9.40. The van der Waals surface area contributed by atoms with E-state index in [0.29, 0.717) is 39.0 Å². The molecule has 152 valence electrons. The van der Waals surface area contributed by atoms with E-state index in [1.807, 2.05) is 0 Å². The molecule has 0 aliphatic heterocycles. The lowest BCUT2D eigenvalue weighted by atomic mass is 10.1. The van der Waals surface area contributed by atoms with Crippen LogP contribution in [0.15, 0.2) is 72.8 Å². The highest BCUT2D eigenvalue weighted by Crippen LogP contribution is 2.25. The van der Waals surface area contributed by atoms with Crippen LogP contribution >= 0.6 is 11.6 Å². The Morgan fingerprint density at radius 3 is 2.33 bits per heavy atom. The molecule has 0 amide bonds. The van der Waals surface area contributed by atoms with Crippen LogP contribution in [-0.4, -0.2) is 26.0 Å². The second-order valence-corrected chi connectivity index (χ2v) is 6.67. The molecule has 6 heteroatoms. The lowest BCUT2D eigenvalue weighted by Gasteiger charge is -2.08. The number of benzene rings is 3. The number of ether oxygens (including phenoxy) is 3. The van der Waals surface area contributed by atoms with E-state index in [0.717, 1.165) is 0 Å². The van der Waals surface area contributed by atoms with Crippen molar-refractivity contribution >= 4 is 29.4 Å². The van der Waals surface area contributed by atoms with Crippen molar-refractivity contribution in [3.05, 3.63) is 94.5 Å². The molecule has 0 spiro atoms. The second-order valence-electron chi connectivity index (χ2n) is 6.23. The van der Waals surface area contributed by atoms with Crippen molar-refractivity contribution in [3.8, 4) is 17.2 Å². The third-order valence-corrected chi connectivity index (χ3v) is 4.50. The summed E-state index contributed by atoms with van der Waals surface area (Å²) in [7, 11) is 3.03. The molecular formula is C24H19ClO5. The number of halogens is 1. The van der Waals surface area contributed by atoms with Crippen LogP contribution in [0.2, 0.25) is 5.02 Å². The van der Waals surface area contributed by atoms with E-state index in [-0.39, 0.29) is 5.78 Å². The molecule has 0 fully saturated rings. The first-order valence-electron chi connectivity index (χ1n) is 9.02. The molecule has 30 heavy (non-hydrogen) atoms. The molecule has 0 heterocycles. The number of hydrogen-bond donors (Lipinski definition) is 0. The maximum absolute atomic E-state index is 12.6. The number of allylic oxidation sites excluding steroid dienone is 1. The largest absolute Gasteiger partial charge is 0.497 e. The molecular weight excluding hydrogens is 404 g/mol.